The summed E-state index contributed by atoms with van der Waals surface area (Å²) in [5.74, 6) is 1.25. The number of aryl methyl sites for hydroxylation is 1. The Morgan fingerprint density at radius 1 is 1.18 bits per heavy atom. The molecule has 28 heavy (non-hydrogen) atoms. The number of hydrogen-bond donors (Lipinski definition) is 1. The largest absolute Gasteiger partial charge is 0.351 e. The standard InChI is InChI=1S/C20H26N4O2S2/c1-15-22-18(13-28-15)12-27-14-19(25)21-11-16-3-5-17(6-4-16)20(26)24-9-7-23(2)8-10-24/h3-6,13H,7-12,14H2,1-2H3,(H,21,25). The van der Waals surface area contributed by atoms with Crippen molar-refractivity contribution in [3.05, 3.63) is 51.5 Å². The van der Waals surface area contributed by atoms with E-state index in [2.05, 4.69) is 22.2 Å². The highest BCUT2D eigenvalue weighted by Gasteiger charge is 2.20. The normalized spacial score (nSPS) is 14.9. The number of thioether (sulfide) groups is 1. The fourth-order valence-electron chi connectivity index (χ4n) is 2.93. The van der Waals surface area contributed by atoms with Gasteiger partial charge in [0.05, 0.1) is 16.5 Å². The van der Waals surface area contributed by atoms with Crippen LogP contribution in [0.5, 0.6) is 0 Å². The summed E-state index contributed by atoms with van der Waals surface area (Å²) in [4.78, 5) is 33.1. The third-order valence-corrected chi connectivity index (χ3v) is 6.42. The molecule has 0 radical (unpaired) electrons. The van der Waals surface area contributed by atoms with Gasteiger partial charge in [0, 0.05) is 49.4 Å². The van der Waals surface area contributed by atoms with Crippen molar-refractivity contribution in [3.63, 3.8) is 0 Å². The van der Waals surface area contributed by atoms with E-state index in [-0.39, 0.29) is 11.8 Å². The van der Waals surface area contributed by atoms with Crippen LogP contribution in [-0.4, -0.2) is 65.6 Å². The van der Waals surface area contributed by atoms with Crippen molar-refractivity contribution < 1.29 is 9.59 Å². The van der Waals surface area contributed by atoms with Crippen LogP contribution in [0.25, 0.3) is 0 Å². The first kappa shape index (κ1) is 20.8. The Morgan fingerprint density at radius 3 is 2.54 bits per heavy atom. The molecule has 0 unspecified atom stereocenters. The Hall–Kier alpha value is -1.90. The van der Waals surface area contributed by atoms with E-state index in [4.69, 9.17) is 0 Å². The van der Waals surface area contributed by atoms with Crippen LogP contribution in [-0.2, 0) is 17.1 Å². The lowest BCUT2D eigenvalue weighted by Crippen LogP contribution is -2.47. The Bertz CT molecular complexity index is 799. The van der Waals surface area contributed by atoms with E-state index >= 15 is 0 Å². The Morgan fingerprint density at radius 2 is 1.89 bits per heavy atom. The molecule has 1 aromatic carbocycles. The molecule has 3 rings (SSSR count). The second-order valence-electron chi connectivity index (χ2n) is 6.92. The zero-order chi connectivity index (χ0) is 19.9. The predicted molar refractivity (Wildman–Crippen MR) is 115 cm³/mol. The third kappa shape index (κ3) is 6.05. The number of carbonyl (C=O) groups excluding carboxylic acids is 2. The quantitative estimate of drug-likeness (QED) is 0.748. The molecule has 1 aromatic heterocycles. The fourth-order valence-corrected chi connectivity index (χ4v) is 4.40. The van der Waals surface area contributed by atoms with Crippen molar-refractivity contribution in [1.82, 2.24) is 20.1 Å². The molecule has 8 heteroatoms. The minimum absolute atomic E-state index is 0.00883. The van der Waals surface area contributed by atoms with Crippen molar-refractivity contribution in [2.45, 2.75) is 19.2 Å². The highest BCUT2D eigenvalue weighted by atomic mass is 32.2. The first-order valence-electron chi connectivity index (χ1n) is 9.33. The molecule has 1 N–H and O–H groups in total. The topological polar surface area (TPSA) is 65.5 Å². The number of nitrogens with one attached hydrogen (secondary N) is 1. The van der Waals surface area contributed by atoms with E-state index in [1.165, 1.54) is 0 Å². The Balaban J connectivity index is 1.40. The maximum Gasteiger partial charge on any atom is 0.253 e. The van der Waals surface area contributed by atoms with Crippen LogP contribution in [0.1, 0.15) is 26.6 Å². The highest BCUT2D eigenvalue weighted by Crippen LogP contribution is 2.15. The summed E-state index contributed by atoms with van der Waals surface area (Å²) in [6, 6.07) is 7.52. The summed E-state index contributed by atoms with van der Waals surface area (Å²) >= 11 is 3.19. The number of benzene rings is 1. The van der Waals surface area contributed by atoms with Gasteiger partial charge in [-0.1, -0.05) is 12.1 Å². The zero-order valence-electron chi connectivity index (χ0n) is 16.3. The molecule has 1 aliphatic rings. The highest BCUT2D eigenvalue weighted by molar-refractivity contribution is 7.99. The van der Waals surface area contributed by atoms with Crippen molar-refractivity contribution in [2.24, 2.45) is 0 Å². The molecular formula is C20H26N4O2S2. The molecule has 0 bridgehead atoms. The van der Waals surface area contributed by atoms with Gasteiger partial charge in [-0.15, -0.1) is 23.1 Å². The van der Waals surface area contributed by atoms with Gasteiger partial charge < -0.3 is 15.1 Å². The molecule has 1 aliphatic heterocycles. The number of carbonyl (C=O) groups is 2. The SMILES string of the molecule is Cc1nc(CSCC(=O)NCc2ccc(C(=O)N3CCN(C)CC3)cc2)cs1. The van der Waals surface area contributed by atoms with Gasteiger partial charge in [0.25, 0.3) is 5.91 Å². The Kier molecular flexibility index (Phi) is 7.47. The lowest BCUT2D eigenvalue weighted by atomic mass is 10.1. The monoisotopic (exact) mass is 418 g/mol. The van der Waals surface area contributed by atoms with E-state index in [0.717, 1.165) is 48.2 Å². The van der Waals surface area contributed by atoms with Crippen LogP contribution >= 0.6 is 23.1 Å². The molecular weight excluding hydrogens is 392 g/mol. The number of amides is 2. The summed E-state index contributed by atoms with van der Waals surface area (Å²) in [5, 5.41) is 6.01. The van der Waals surface area contributed by atoms with Gasteiger partial charge in [-0.05, 0) is 31.7 Å². The minimum atomic E-state index is 0.00883. The van der Waals surface area contributed by atoms with Crippen molar-refractivity contribution in [2.75, 3.05) is 39.0 Å². The second-order valence-corrected chi connectivity index (χ2v) is 8.97. The molecule has 1 fully saturated rings. The molecule has 0 atom stereocenters. The van der Waals surface area contributed by atoms with Crippen LogP contribution in [0.15, 0.2) is 29.6 Å². The van der Waals surface area contributed by atoms with Crippen LogP contribution in [0, 0.1) is 6.92 Å². The number of hydrogen-bond acceptors (Lipinski definition) is 6. The van der Waals surface area contributed by atoms with Gasteiger partial charge in [0.15, 0.2) is 0 Å². The lowest BCUT2D eigenvalue weighted by Gasteiger charge is -2.32. The van der Waals surface area contributed by atoms with Crippen LogP contribution < -0.4 is 5.32 Å². The zero-order valence-corrected chi connectivity index (χ0v) is 17.9. The van der Waals surface area contributed by atoms with E-state index in [0.29, 0.717) is 17.9 Å². The molecule has 2 heterocycles. The van der Waals surface area contributed by atoms with E-state index < -0.39 is 0 Å². The summed E-state index contributed by atoms with van der Waals surface area (Å²) in [6.07, 6.45) is 0. The third-order valence-electron chi connectivity index (χ3n) is 4.63. The van der Waals surface area contributed by atoms with Gasteiger partial charge in [-0.2, -0.15) is 0 Å². The number of thiazole rings is 1. The molecule has 2 aromatic rings. The molecule has 2 amide bonds. The molecule has 0 saturated carbocycles. The predicted octanol–water partition coefficient (Wildman–Crippen LogP) is 2.39. The average molecular weight is 419 g/mol. The molecule has 0 spiro atoms. The summed E-state index contributed by atoms with van der Waals surface area (Å²) in [5.41, 5.74) is 2.72. The van der Waals surface area contributed by atoms with E-state index in [1.54, 1.807) is 23.1 Å². The van der Waals surface area contributed by atoms with Crippen LogP contribution in [0.4, 0.5) is 0 Å². The molecule has 1 saturated heterocycles. The van der Waals surface area contributed by atoms with Crippen molar-refractivity contribution >= 4 is 34.9 Å². The van der Waals surface area contributed by atoms with Gasteiger partial charge in [0.1, 0.15) is 0 Å². The van der Waals surface area contributed by atoms with Crippen molar-refractivity contribution in [3.8, 4) is 0 Å². The number of piperazine rings is 1. The van der Waals surface area contributed by atoms with E-state index in [1.807, 2.05) is 41.5 Å². The maximum atomic E-state index is 12.6. The smallest absolute Gasteiger partial charge is 0.253 e. The second kappa shape index (κ2) is 10.0. The number of aromatic nitrogens is 1. The molecule has 150 valence electrons. The number of likely N-dealkylation sites (N-methyl/N-ethyl adjacent to an activating group) is 1. The van der Waals surface area contributed by atoms with Crippen molar-refractivity contribution in [1.29, 1.82) is 0 Å². The number of nitrogens with zero attached hydrogens (tertiary/aromatic N) is 3. The summed E-state index contributed by atoms with van der Waals surface area (Å²) in [7, 11) is 2.07. The number of rotatable bonds is 7. The van der Waals surface area contributed by atoms with Crippen LogP contribution in [0.2, 0.25) is 0 Å². The maximum absolute atomic E-state index is 12.6. The lowest BCUT2D eigenvalue weighted by molar-refractivity contribution is -0.118. The van der Waals surface area contributed by atoms with Gasteiger partial charge >= 0.3 is 0 Å². The minimum Gasteiger partial charge on any atom is -0.351 e. The first-order chi connectivity index (χ1) is 13.5. The molecule has 6 nitrogen and oxygen atoms in total. The van der Waals surface area contributed by atoms with Gasteiger partial charge in [-0.25, -0.2) is 4.98 Å². The molecule has 0 aliphatic carbocycles. The summed E-state index contributed by atoms with van der Waals surface area (Å²) < 4.78 is 0. The van der Waals surface area contributed by atoms with E-state index in [9.17, 15) is 9.59 Å². The summed E-state index contributed by atoms with van der Waals surface area (Å²) in [6.45, 7) is 5.82. The first-order valence-corrected chi connectivity index (χ1v) is 11.4. The Labute approximate surface area is 174 Å². The average Bonchev–Trinajstić information content (AvgIpc) is 3.12. The fraction of sp³-hybridized carbons (Fsp3) is 0.450. The van der Waals surface area contributed by atoms with Gasteiger partial charge in [0.2, 0.25) is 5.91 Å². The van der Waals surface area contributed by atoms with Crippen LogP contribution in [0.3, 0.4) is 0 Å². The van der Waals surface area contributed by atoms with Gasteiger partial charge in [-0.3, -0.25) is 9.59 Å².